The van der Waals surface area contributed by atoms with E-state index in [-0.39, 0.29) is 12.6 Å². The number of anilines is 3. The van der Waals surface area contributed by atoms with E-state index in [1.807, 2.05) is 10.7 Å². The van der Waals surface area contributed by atoms with Gasteiger partial charge in [0.2, 0.25) is 0 Å². The van der Waals surface area contributed by atoms with Crippen LogP contribution in [-0.2, 0) is 12.6 Å². The van der Waals surface area contributed by atoms with Crippen LogP contribution < -0.4 is 21.3 Å². The van der Waals surface area contributed by atoms with Crippen LogP contribution in [0.4, 0.5) is 39.5 Å². The minimum absolute atomic E-state index is 0.130. The Bertz CT molecular complexity index is 1560. The number of amides is 2. The Kier molecular flexibility index (Phi) is 5.67. The third-order valence-corrected chi connectivity index (χ3v) is 6.93. The second-order valence-electron chi connectivity index (χ2n) is 9.26. The van der Waals surface area contributed by atoms with Gasteiger partial charge in [-0.3, -0.25) is 4.90 Å². The van der Waals surface area contributed by atoms with Gasteiger partial charge in [0.25, 0.3) is 0 Å². The molecule has 0 spiro atoms. The van der Waals surface area contributed by atoms with Crippen LogP contribution in [0.5, 0.6) is 0 Å². The van der Waals surface area contributed by atoms with E-state index in [0.717, 1.165) is 30.6 Å². The van der Waals surface area contributed by atoms with Gasteiger partial charge >= 0.3 is 12.2 Å². The molecule has 2 aliphatic rings. The molecule has 1 saturated heterocycles. The molecule has 196 valence electrons. The van der Waals surface area contributed by atoms with E-state index in [2.05, 4.69) is 20.6 Å². The molecule has 9 nitrogen and oxygen atoms in total. The number of urea groups is 1. The van der Waals surface area contributed by atoms with Gasteiger partial charge in [-0.2, -0.15) is 18.3 Å². The predicted octanol–water partition coefficient (Wildman–Crippen LogP) is 4.36. The van der Waals surface area contributed by atoms with Crippen LogP contribution >= 0.6 is 0 Å². The molecular formula is C25H22F4N8O. The third kappa shape index (κ3) is 4.08. The lowest BCUT2D eigenvalue weighted by Gasteiger charge is -2.19. The summed E-state index contributed by atoms with van der Waals surface area (Å²) < 4.78 is 55.2. The molecule has 4 aromatic rings. The number of carbonyl (C=O) groups is 1. The minimum Gasteiger partial charge on any atom is -0.383 e. The van der Waals surface area contributed by atoms with Gasteiger partial charge in [-0.05, 0) is 55.3 Å². The highest BCUT2D eigenvalue weighted by Crippen LogP contribution is 2.37. The van der Waals surface area contributed by atoms with Crippen LogP contribution in [0.25, 0.3) is 22.3 Å². The summed E-state index contributed by atoms with van der Waals surface area (Å²) in [6.07, 6.45) is -1.85. The first-order valence-corrected chi connectivity index (χ1v) is 12.0. The topological polar surface area (TPSA) is 114 Å². The minimum atomic E-state index is -4.66. The average Bonchev–Trinajstić information content (AvgIpc) is 3.63. The lowest BCUT2D eigenvalue weighted by atomic mass is 10.0. The zero-order valence-corrected chi connectivity index (χ0v) is 19.9. The summed E-state index contributed by atoms with van der Waals surface area (Å²) in [6.45, 7) is 1.92. The van der Waals surface area contributed by atoms with E-state index in [1.165, 1.54) is 11.2 Å². The molecular weight excluding hydrogens is 504 g/mol. The normalized spacial score (nSPS) is 17.3. The summed E-state index contributed by atoms with van der Waals surface area (Å²) in [5.41, 5.74) is 8.08. The number of rotatable bonds is 3. The number of nitrogens with one attached hydrogen (secondary N) is 2. The first kappa shape index (κ1) is 24.1. The van der Waals surface area contributed by atoms with Crippen molar-refractivity contribution >= 4 is 34.3 Å². The van der Waals surface area contributed by atoms with Crippen molar-refractivity contribution in [3.8, 4) is 11.3 Å². The van der Waals surface area contributed by atoms with Gasteiger partial charge in [-0.1, -0.05) is 6.07 Å². The number of carbonyl (C=O) groups excluding carboxylic acids is 1. The molecule has 2 aromatic carbocycles. The quantitative estimate of drug-likeness (QED) is 0.342. The van der Waals surface area contributed by atoms with E-state index in [9.17, 15) is 22.4 Å². The molecule has 38 heavy (non-hydrogen) atoms. The molecule has 0 unspecified atom stereocenters. The summed E-state index contributed by atoms with van der Waals surface area (Å²) in [4.78, 5) is 22.9. The number of hydrogen-bond acceptors (Lipinski definition) is 6. The van der Waals surface area contributed by atoms with E-state index in [1.54, 1.807) is 12.1 Å². The number of nitrogens with two attached hydrogens (primary N) is 1. The summed E-state index contributed by atoms with van der Waals surface area (Å²) in [6, 6.07) is 6.73. The molecule has 1 atom stereocenters. The number of alkyl halides is 3. The molecule has 2 aliphatic heterocycles. The summed E-state index contributed by atoms with van der Waals surface area (Å²) in [5, 5.41) is 11.1. The number of nitrogen functional groups attached to an aromatic ring is 1. The number of halogens is 4. The monoisotopic (exact) mass is 526 g/mol. The van der Waals surface area contributed by atoms with Crippen molar-refractivity contribution in [1.29, 1.82) is 0 Å². The maximum absolute atomic E-state index is 14.2. The van der Waals surface area contributed by atoms with Crippen molar-refractivity contribution < 1.29 is 22.4 Å². The average molecular weight is 526 g/mol. The van der Waals surface area contributed by atoms with Gasteiger partial charge in [0.05, 0.1) is 22.7 Å². The Hall–Kier alpha value is -4.26. The highest BCUT2D eigenvalue weighted by Gasteiger charge is 2.32. The van der Waals surface area contributed by atoms with Gasteiger partial charge < -0.3 is 16.4 Å². The Balaban J connectivity index is 1.31. The molecule has 0 aliphatic carbocycles. The Morgan fingerprint density at radius 1 is 1.16 bits per heavy atom. The number of fused-ring (bicyclic) bond motifs is 2. The third-order valence-electron chi connectivity index (χ3n) is 6.93. The van der Waals surface area contributed by atoms with Crippen molar-refractivity contribution in [2.24, 2.45) is 0 Å². The lowest BCUT2D eigenvalue weighted by Crippen LogP contribution is -2.33. The highest BCUT2D eigenvalue weighted by molar-refractivity contribution is 6.04. The van der Waals surface area contributed by atoms with Crippen molar-refractivity contribution in [2.45, 2.75) is 25.1 Å². The zero-order chi connectivity index (χ0) is 26.6. The molecule has 2 aromatic heterocycles. The van der Waals surface area contributed by atoms with Crippen molar-refractivity contribution in [3.63, 3.8) is 0 Å². The summed E-state index contributed by atoms with van der Waals surface area (Å²) in [7, 11) is 0. The van der Waals surface area contributed by atoms with E-state index in [4.69, 9.17) is 10.8 Å². The first-order chi connectivity index (χ1) is 18.2. The molecule has 0 bridgehead atoms. The number of hydrogen-bond donors (Lipinski definition) is 3. The molecule has 4 N–H and O–H groups in total. The Morgan fingerprint density at radius 2 is 2.00 bits per heavy atom. The SMILES string of the molecule is Nc1ncnc2c1c(-c1ccc3c(c1)CCN3C(=O)Nc1cc(C(F)(F)F)ccc1F)nn2[C@@H]1CCNC1. The predicted molar refractivity (Wildman–Crippen MR) is 133 cm³/mol. The maximum Gasteiger partial charge on any atom is 0.416 e. The molecule has 4 heterocycles. The van der Waals surface area contributed by atoms with Crippen LogP contribution in [-0.4, -0.2) is 45.4 Å². The molecule has 6 rings (SSSR count). The lowest BCUT2D eigenvalue weighted by molar-refractivity contribution is -0.137. The Morgan fingerprint density at radius 3 is 2.76 bits per heavy atom. The fourth-order valence-corrected chi connectivity index (χ4v) is 5.04. The van der Waals surface area contributed by atoms with Gasteiger partial charge in [0, 0.05) is 24.3 Å². The van der Waals surface area contributed by atoms with Crippen LogP contribution in [0, 0.1) is 5.82 Å². The molecule has 0 radical (unpaired) electrons. The summed E-state index contributed by atoms with van der Waals surface area (Å²) >= 11 is 0. The van der Waals surface area contributed by atoms with Crippen LogP contribution in [0.3, 0.4) is 0 Å². The van der Waals surface area contributed by atoms with Crippen LogP contribution in [0.1, 0.15) is 23.6 Å². The zero-order valence-electron chi connectivity index (χ0n) is 19.9. The number of nitrogens with zero attached hydrogens (tertiary/aromatic N) is 5. The molecule has 0 saturated carbocycles. The number of benzene rings is 2. The molecule has 13 heteroatoms. The number of aromatic nitrogens is 4. The van der Waals surface area contributed by atoms with Crippen molar-refractivity contribution in [2.75, 3.05) is 35.6 Å². The van der Waals surface area contributed by atoms with Crippen molar-refractivity contribution in [1.82, 2.24) is 25.1 Å². The van der Waals surface area contributed by atoms with Gasteiger partial charge in [0.1, 0.15) is 23.7 Å². The largest absolute Gasteiger partial charge is 0.416 e. The van der Waals surface area contributed by atoms with Gasteiger partial charge in [-0.15, -0.1) is 0 Å². The fraction of sp³-hybridized carbons (Fsp3) is 0.280. The smallest absolute Gasteiger partial charge is 0.383 e. The Labute approximate surface area is 213 Å². The first-order valence-electron chi connectivity index (χ1n) is 12.0. The summed E-state index contributed by atoms with van der Waals surface area (Å²) in [5.74, 6) is -0.646. The fourth-order valence-electron chi connectivity index (χ4n) is 5.04. The van der Waals surface area contributed by atoms with Gasteiger partial charge in [-0.25, -0.2) is 23.8 Å². The van der Waals surface area contributed by atoms with E-state index in [0.29, 0.717) is 52.9 Å². The van der Waals surface area contributed by atoms with Crippen LogP contribution in [0.15, 0.2) is 42.7 Å². The van der Waals surface area contributed by atoms with E-state index >= 15 is 0 Å². The van der Waals surface area contributed by atoms with Crippen LogP contribution in [0.2, 0.25) is 0 Å². The maximum atomic E-state index is 14.2. The van der Waals surface area contributed by atoms with Gasteiger partial charge in [0.15, 0.2) is 5.65 Å². The second-order valence-corrected chi connectivity index (χ2v) is 9.26. The highest BCUT2D eigenvalue weighted by atomic mass is 19.4. The standard InChI is InChI=1S/C25H22F4N8O/c26-17-3-2-15(25(27,28)29)10-18(17)34-24(38)36-8-6-13-9-14(1-4-19(13)36)21-20-22(30)32-12-33-23(20)37(35-21)16-5-7-31-11-16/h1-4,9-10,12,16,31H,5-8,11H2,(H,34,38)(H2,30,32,33)/t16-/m1/s1. The van der Waals surface area contributed by atoms with Crippen molar-refractivity contribution in [3.05, 3.63) is 59.7 Å². The van der Waals surface area contributed by atoms with E-state index < -0.39 is 29.3 Å². The molecule has 1 fully saturated rings. The molecule has 2 amide bonds. The second kappa shape index (κ2) is 8.94.